The summed E-state index contributed by atoms with van der Waals surface area (Å²) in [5.74, 6) is 0. The molecule has 23 heavy (non-hydrogen) atoms. The van der Waals surface area contributed by atoms with Crippen molar-refractivity contribution in [2.75, 3.05) is 0 Å². The van der Waals surface area contributed by atoms with E-state index in [1.165, 1.54) is 33.2 Å². The van der Waals surface area contributed by atoms with Crippen molar-refractivity contribution in [1.29, 1.82) is 0 Å². The first-order valence-electron chi connectivity index (χ1n) is 7.93. The van der Waals surface area contributed by atoms with Crippen LogP contribution in [0.2, 0.25) is 5.02 Å². The first-order chi connectivity index (χ1) is 11.1. The summed E-state index contributed by atoms with van der Waals surface area (Å²) >= 11 is 6.56. The molecule has 0 atom stereocenters. The van der Waals surface area contributed by atoms with E-state index < -0.39 is 0 Å². The smallest absolute Gasteiger partial charge is 0.0582 e. The largest absolute Gasteiger partial charge is 0.309 e. The summed E-state index contributed by atoms with van der Waals surface area (Å²) in [7, 11) is 0. The van der Waals surface area contributed by atoms with E-state index in [0.29, 0.717) is 0 Å². The standard InChI is InChI=1S/C21H16ClN/c1-21(2)14-8-3-4-11-17(14)23-18-12-6-10-16(22)19(18)13-7-5-9-15(21)20(13)23/h3-12H,1-2H3. The van der Waals surface area contributed by atoms with Crippen molar-refractivity contribution in [2.24, 2.45) is 0 Å². The Labute approximate surface area is 140 Å². The second kappa shape index (κ2) is 4.18. The third-order valence-electron chi connectivity index (χ3n) is 5.25. The molecule has 1 aromatic heterocycles. The van der Waals surface area contributed by atoms with E-state index >= 15 is 0 Å². The first-order valence-corrected chi connectivity index (χ1v) is 8.30. The molecular formula is C21H16ClN. The molecule has 0 amide bonds. The zero-order valence-electron chi connectivity index (χ0n) is 13.1. The first kappa shape index (κ1) is 13.2. The minimum Gasteiger partial charge on any atom is -0.309 e. The fourth-order valence-electron chi connectivity index (χ4n) is 4.17. The normalized spacial score (nSPS) is 15.1. The molecule has 2 heterocycles. The van der Waals surface area contributed by atoms with Crippen LogP contribution in [-0.2, 0) is 5.41 Å². The Morgan fingerprint density at radius 1 is 0.826 bits per heavy atom. The Kier molecular flexibility index (Phi) is 2.40. The van der Waals surface area contributed by atoms with E-state index in [4.69, 9.17) is 11.6 Å². The number of fused-ring (bicyclic) bond motifs is 5. The van der Waals surface area contributed by atoms with Gasteiger partial charge in [0.2, 0.25) is 0 Å². The molecule has 0 radical (unpaired) electrons. The average molecular weight is 318 g/mol. The van der Waals surface area contributed by atoms with Gasteiger partial charge in [0.15, 0.2) is 0 Å². The summed E-state index contributed by atoms with van der Waals surface area (Å²) in [5, 5.41) is 3.21. The van der Waals surface area contributed by atoms with Crippen LogP contribution in [0.3, 0.4) is 0 Å². The molecule has 0 N–H and O–H groups in total. The van der Waals surface area contributed by atoms with Gasteiger partial charge in [0, 0.05) is 16.2 Å². The van der Waals surface area contributed by atoms with Gasteiger partial charge in [-0.1, -0.05) is 67.9 Å². The van der Waals surface area contributed by atoms with E-state index in [0.717, 1.165) is 10.4 Å². The van der Waals surface area contributed by atoms with E-state index in [2.05, 4.69) is 66.9 Å². The molecular weight excluding hydrogens is 302 g/mol. The van der Waals surface area contributed by atoms with E-state index in [1.807, 2.05) is 12.1 Å². The molecule has 3 aromatic carbocycles. The number of hydrogen-bond donors (Lipinski definition) is 0. The predicted molar refractivity (Wildman–Crippen MR) is 97.9 cm³/mol. The summed E-state index contributed by atoms with van der Waals surface area (Å²) in [6.07, 6.45) is 0. The highest BCUT2D eigenvalue weighted by Gasteiger charge is 2.34. The topological polar surface area (TPSA) is 4.93 Å². The van der Waals surface area contributed by atoms with Crippen LogP contribution in [0.4, 0.5) is 0 Å². The minimum absolute atomic E-state index is 0.0209. The number of halogens is 1. The van der Waals surface area contributed by atoms with Crippen LogP contribution in [0.1, 0.15) is 25.0 Å². The molecule has 1 aliphatic rings. The highest BCUT2D eigenvalue weighted by molar-refractivity contribution is 6.38. The number of para-hydroxylation sites is 2. The Bertz CT molecular complexity index is 1100. The lowest BCUT2D eigenvalue weighted by molar-refractivity contribution is 0.630. The number of hydrogen-bond acceptors (Lipinski definition) is 0. The Morgan fingerprint density at radius 2 is 1.57 bits per heavy atom. The predicted octanol–water partition coefficient (Wildman–Crippen LogP) is 6.08. The lowest BCUT2D eigenvalue weighted by Crippen LogP contribution is -2.26. The second-order valence-electron chi connectivity index (χ2n) is 6.81. The van der Waals surface area contributed by atoms with Crippen molar-refractivity contribution in [3.05, 3.63) is 76.8 Å². The molecule has 0 bridgehead atoms. The van der Waals surface area contributed by atoms with Gasteiger partial charge in [-0.15, -0.1) is 0 Å². The van der Waals surface area contributed by atoms with Gasteiger partial charge in [-0.2, -0.15) is 0 Å². The Morgan fingerprint density at radius 3 is 2.43 bits per heavy atom. The van der Waals surface area contributed by atoms with Gasteiger partial charge in [0.25, 0.3) is 0 Å². The van der Waals surface area contributed by atoms with Gasteiger partial charge in [-0.3, -0.25) is 0 Å². The highest BCUT2D eigenvalue weighted by Crippen LogP contribution is 2.48. The molecule has 4 aromatic rings. The second-order valence-corrected chi connectivity index (χ2v) is 7.22. The van der Waals surface area contributed by atoms with Crippen molar-refractivity contribution >= 4 is 33.4 Å². The number of rotatable bonds is 0. The van der Waals surface area contributed by atoms with E-state index in [-0.39, 0.29) is 5.41 Å². The molecule has 0 saturated carbocycles. The fraction of sp³-hybridized carbons (Fsp3) is 0.143. The molecule has 112 valence electrons. The molecule has 1 aliphatic heterocycles. The summed E-state index contributed by atoms with van der Waals surface area (Å²) in [5.41, 5.74) is 6.44. The van der Waals surface area contributed by atoms with Gasteiger partial charge in [0.05, 0.1) is 21.7 Å². The van der Waals surface area contributed by atoms with Crippen LogP contribution in [0.5, 0.6) is 0 Å². The van der Waals surface area contributed by atoms with Gasteiger partial charge >= 0.3 is 0 Å². The Hall–Kier alpha value is -2.25. The van der Waals surface area contributed by atoms with Crippen LogP contribution in [0, 0.1) is 0 Å². The van der Waals surface area contributed by atoms with Crippen molar-refractivity contribution in [2.45, 2.75) is 19.3 Å². The lowest BCUT2D eigenvalue weighted by atomic mass is 9.75. The van der Waals surface area contributed by atoms with Crippen LogP contribution in [0.25, 0.3) is 27.5 Å². The van der Waals surface area contributed by atoms with Gasteiger partial charge in [0.1, 0.15) is 0 Å². The van der Waals surface area contributed by atoms with Crippen molar-refractivity contribution in [1.82, 2.24) is 4.57 Å². The summed E-state index contributed by atoms with van der Waals surface area (Å²) in [4.78, 5) is 0. The number of benzene rings is 3. The molecule has 0 fully saturated rings. The molecule has 0 aliphatic carbocycles. The lowest BCUT2D eigenvalue weighted by Gasteiger charge is -2.34. The van der Waals surface area contributed by atoms with Crippen LogP contribution < -0.4 is 0 Å². The quantitative estimate of drug-likeness (QED) is 0.370. The molecule has 0 saturated heterocycles. The van der Waals surface area contributed by atoms with E-state index in [1.54, 1.807) is 0 Å². The maximum Gasteiger partial charge on any atom is 0.0582 e. The van der Waals surface area contributed by atoms with Crippen LogP contribution in [-0.4, -0.2) is 4.57 Å². The molecule has 2 heteroatoms. The van der Waals surface area contributed by atoms with Gasteiger partial charge in [-0.05, 0) is 29.3 Å². The molecule has 0 spiro atoms. The third kappa shape index (κ3) is 1.48. The number of aromatic nitrogens is 1. The number of nitrogens with zero attached hydrogens (tertiary/aromatic N) is 1. The van der Waals surface area contributed by atoms with Crippen LogP contribution in [0.15, 0.2) is 60.7 Å². The highest BCUT2D eigenvalue weighted by atomic mass is 35.5. The van der Waals surface area contributed by atoms with Gasteiger partial charge < -0.3 is 4.57 Å². The zero-order chi connectivity index (χ0) is 15.8. The average Bonchev–Trinajstić information content (AvgIpc) is 2.89. The van der Waals surface area contributed by atoms with Crippen molar-refractivity contribution in [3.8, 4) is 5.69 Å². The maximum atomic E-state index is 6.56. The Balaban J connectivity index is 2.16. The molecule has 1 nitrogen and oxygen atoms in total. The van der Waals surface area contributed by atoms with Crippen molar-refractivity contribution < 1.29 is 0 Å². The summed E-state index contributed by atoms with van der Waals surface area (Å²) in [6, 6.07) is 21.5. The van der Waals surface area contributed by atoms with Crippen LogP contribution >= 0.6 is 11.6 Å². The van der Waals surface area contributed by atoms with Gasteiger partial charge in [-0.25, -0.2) is 0 Å². The summed E-state index contributed by atoms with van der Waals surface area (Å²) in [6.45, 7) is 4.62. The van der Waals surface area contributed by atoms with E-state index in [9.17, 15) is 0 Å². The minimum atomic E-state index is -0.0209. The van der Waals surface area contributed by atoms with Crippen molar-refractivity contribution in [3.63, 3.8) is 0 Å². The summed E-state index contributed by atoms with van der Waals surface area (Å²) < 4.78 is 2.38. The maximum absolute atomic E-state index is 6.56. The SMILES string of the molecule is CC1(C)c2ccccc2-n2c3cccc(Cl)c3c3cccc1c32. The zero-order valence-corrected chi connectivity index (χ0v) is 13.9. The molecule has 5 rings (SSSR count). The fourth-order valence-corrected chi connectivity index (χ4v) is 4.44. The molecule has 0 unspecified atom stereocenters. The monoisotopic (exact) mass is 317 g/mol. The third-order valence-corrected chi connectivity index (χ3v) is 5.57.